The van der Waals surface area contributed by atoms with Gasteiger partial charge in [-0.25, -0.2) is 9.37 Å². The lowest BCUT2D eigenvalue weighted by molar-refractivity contribution is 0.432. The van der Waals surface area contributed by atoms with Crippen LogP contribution in [0.5, 0.6) is 5.75 Å². The molecule has 1 atom stereocenters. The van der Waals surface area contributed by atoms with E-state index < -0.39 is 5.82 Å². The van der Waals surface area contributed by atoms with Crippen LogP contribution in [0.4, 0.5) is 10.1 Å². The fraction of sp³-hybridized carbons (Fsp3) is 0.308. The number of aryl methyl sites for hydroxylation is 2. The van der Waals surface area contributed by atoms with E-state index in [-0.39, 0.29) is 11.8 Å². The highest BCUT2D eigenvalue weighted by Gasteiger charge is 2.13. The molecule has 96 valence electrons. The molecule has 5 heteroatoms. The summed E-state index contributed by atoms with van der Waals surface area (Å²) in [6, 6.07) is 4.34. The van der Waals surface area contributed by atoms with Crippen LogP contribution in [0.3, 0.4) is 0 Å². The number of hydrogen-bond acceptors (Lipinski definition) is 4. The Kier molecular flexibility index (Phi) is 3.52. The Balaban J connectivity index is 2.18. The number of phenolic OH excluding ortho intramolecular Hbond substituents is 1. The van der Waals surface area contributed by atoms with Gasteiger partial charge in [0.25, 0.3) is 0 Å². The topological polar surface area (TPSA) is 45.2 Å². The van der Waals surface area contributed by atoms with Gasteiger partial charge in [0.2, 0.25) is 0 Å². The van der Waals surface area contributed by atoms with Crippen LogP contribution >= 0.6 is 11.3 Å². The number of anilines is 1. The number of aromatic hydroxyl groups is 1. The summed E-state index contributed by atoms with van der Waals surface area (Å²) in [6.45, 7) is 5.94. The van der Waals surface area contributed by atoms with Crippen molar-refractivity contribution in [2.24, 2.45) is 0 Å². The Morgan fingerprint density at radius 3 is 2.67 bits per heavy atom. The molecule has 0 amide bonds. The van der Waals surface area contributed by atoms with Crippen LogP contribution in [0, 0.1) is 19.7 Å². The second-order valence-electron chi connectivity index (χ2n) is 4.21. The summed E-state index contributed by atoms with van der Waals surface area (Å²) >= 11 is 1.63. The van der Waals surface area contributed by atoms with Crippen LogP contribution in [0.2, 0.25) is 0 Å². The van der Waals surface area contributed by atoms with Crippen LogP contribution in [0.15, 0.2) is 18.2 Å². The third-order valence-electron chi connectivity index (χ3n) is 2.66. The number of benzene rings is 1. The molecule has 0 fully saturated rings. The van der Waals surface area contributed by atoms with E-state index >= 15 is 0 Å². The van der Waals surface area contributed by atoms with E-state index in [1.807, 2.05) is 20.8 Å². The molecule has 0 aliphatic carbocycles. The fourth-order valence-electron chi connectivity index (χ4n) is 1.86. The Bertz CT molecular complexity index is 568. The van der Waals surface area contributed by atoms with Gasteiger partial charge in [-0.05, 0) is 32.9 Å². The molecule has 1 unspecified atom stereocenters. The molecular weight excluding hydrogens is 251 g/mol. The monoisotopic (exact) mass is 266 g/mol. The van der Waals surface area contributed by atoms with Gasteiger partial charge in [0, 0.05) is 16.6 Å². The van der Waals surface area contributed by atoms with Crippen LogP contribution in [0.1, 0.15) is 28.5 Å². The normalized spacial score (nSPS) is 12.4. The van der Waals surface area contributed by atoms with Gasteiger partial charge < -0.3 is 10.4 Å². The molecule has 18 heavy (non-hydrogen) atoms. The van der Waals surface area contributed by atoms with Gasteiger partial charge in [0.15, 0.2) is 11.6 Å². The number of halogens is 1. The minimum atomic E-state index is -0.621. The fourth-order valence-corrected chi connectivity index (χ4v) is 2.79. The highest BCUT2D eigenvalue weighted by atomic mass is 32.1. The number of rotatable bonds is 3. The minimum absolute atomic E-state index is 0.0557. The maximum Gasteiger partial charge on any atom is 0.166 e. The molecule has 2 aromatic rings. The van der Waals surface area contributed by atoms with E-state index in [0.717, 1.165) is 15.6 Å². The van der Waals surface area contributed by atoms with Crippen LogP contribution in [-0.4, -0.2) is 10.1 Å². The zero-order valence-corrected chi connectivity index (χ0v) is 11.3. The van der Waals surface area contributed by atoms with Gasteiger partial charge in [-0.2, -0.15) is 0 Å². The quantitative estimate of drug-likeness (QED) is 0.831. The Labute approximate surface area is 109 Å². The lowest BCUT2D eigenvalue weighted by Gasteiger charge is -2.14. The highest BCUT2D eigenvalue weighted by Crippen LogP contribution is 2.28. The van der Waals surface area contributed by atoms with Gasteiger partial charge in [0.05, 0.1) is 16.7 Å². The summed E-state index contributed by atoms with van der Waals surface area (Å²) in [5, 5.41) is 13.4. The number of nitrogens with zero attached hydrogens (tertiary/aromatic N) is 1. The number of aromatic nitrogens is 1. The van der Waals surface area contributed by atoms with Crippen molar-refractivity contribution in [2.75, 3.05) is 5.32 Å². The molecule has 0 saturated heterocycles. The first kappa shape index (κ1) is 12.8. The smallest absolute Gasteiger partial charge is 0.166 e. The van der Waals surface area contributed by atoms with E-state index in [9.17, 15) is 4.39 Å². The standard InChI is InChI=1S/C13H15FN2OS/c1-7-13(18-9(3)15-7)8(2)16-10-4-5-12(17)11(14)6-10/h4-6,8,16-17H,1-3H3. The summed E-state index contributed by atoms with van der Waals surface area (Å²) in [6.07, 6.45) is 0. The molecule has 0 aliphatic rings. The van der Waals surface area contributed by atoms with E-state index in [1.54, 1.807) is 17.4 Å². The molecule has 1 aromatic carbocycles. The average molecular weight is 266 g/mol. The van der Waals surface area contributed by atoms with Gasteiger partial charge in [0.1, 0.15) is 0 Å². The molecular formula is C13H15FN2OS. The van der Waals surface area contributed by atoms with Gasteiger partial charge >= 0.3 is 0 Å². The van der Waals surface area contributed by atoms with Crippen LogP contribution in [0.25, 0.3) is 0 Å². The van der Waals surface area contributed by atoms with Crippen molar-refractivity contribution in [3.63, 3.8) is 0 Å². The molecule has 2 rings (SSSR count). The van der Waals surface area contributed by atoms with E-state index in [2.05, 4.69) is 10.3 Å². The average Bonchev–Trinajstić information content (AvgIpc) is 2.63. The SMILES string of the molecule is Cc1nc(C)c(C(C)Nc2ccc(O)c(F)c2)s1. The van der Waals surface area contributed by atoms with E-state index in [4.69, 9.17) is 5.11 Å². The zero-order valence-electron chi connectivity index (χ0n) is 10.5. The van der Waals surface area contributed by atoms with E-state index in [0.29, 0.717) is 5.69 Å². The predicted molar refractivity (Wildman–Crippen MR) is 71.7 cm³/mol. The predicted octanol–water partition coefficient (Wildman–Crippen LogP) is 3.78. The van der Waals surface area contributed by atoms with Crippen LogP contribution < -0.4 is 5.32 Å². The lowest BCUT2D eigenvalue weighted by Crippen LogP contribution is -2.06. The third-order valence-corrected chi connectivity index (χ3v) is 3.92. The largest absolute Gasteiger partial charge is 0.505 e. The molecule has 0 aliphatic heterocycles. The molecule has 3 nitrogen and oxygen atoms in total. The van der Waals surface area contributed by atoms with Crippen molar-refractivity contribution in [3.8, 4) is 5.75 Å². The minimum Gasteiger partial charge on any atom is -0.505 e. The van der Waals surface area contributed by atoms with Gasteiger partial charge in [-0.15, -0.1) is 11.3 Å². The Morgan fingerprint density at radius 2 is 2.11 bits per heavy atom. The Morgan fingerprint density at radius 1 is 1.39 bits per heavy atom. The molecule has 1 aromatic heterocycles. The maximum atomic E-state index is 13.2. The summed E-state index contributed by atoms with van der Waals surface area (Å²) in [7, 11) is 0. The molecule has 2 N–H and O–H groups in total. The van der Waals surface area contributed by atoms with Crippen molar-refractivity contribution in [1.29, 1.82) is 0 Å². The first-order chi connectivity index (χ1) is 8.47. The zero-order chi connectivity index (χ0) is 13.3. The first-order valence-corrected chi connectivity index (χ1v) is 6.48. The van der Waals surface area contributed by atoms with Crippen molar-refractivity contribution in [1.82, 2.24) is 4.98 Å². The van der Waals surface area contributed by atoms with Crippen molar-refractivity contribution < 1.29 is 9.50 Å². The highest BCUT2D eigenvalue weighted by molar-refractivity contribution is 7.11. The number of phenols is 1. The molecule has 0 spiro atoms. The second kappa shape index (κ2) is 4.94. The Hall–Kier alpha value is -1.62. The summed E-state index contributed by atoms with van der Waals surface area (Å²) in [5.41, 5.74) is 1.64. The number of nitrogens with one attached hydrogen (secondary N) is 1. The maximum absolute atomic E-state index is 13.2. The van der Waals surface area contributed by atoms with Crippen molar-refractivity contribution >= 4 is 17.0 Å². The van der Waals surface area contributed by atoms with E-state index in [1.165, 1.54) is 12.1 Å². The lowest BCUT2D eigenvalue weighted by atomic mass is 10.2. The van der Waals surface area contributed by atoms with Crippen molar-refractivity contribution in [2.45, 2.75) is 26.8 Å². The van der Waals surface area contributed by atoms with Gasteiger partial charge in [-0.3, -0.25) is 0 Å². The summed E-state index contributed by atoms with van der Waals surface area (Å²) in [5.74, 6) is -0.956. The molecule has 0 saturated carbocycles. The molecule has 1 heterocycles. The summed E-state index contributed by atoms with van der Waals surface area (Å²) in [4.78, 5) is 5.51. The van der Waals surface area contributed by atoms with Crippen molar-refractivity contribution in [3.05, 3.63) is 39.6 Å². The van der Waals surface area contributed by atoms with Crippen LogP contribution in [-0.2, 0) is 0 Å². The second-order valence-corrected chi connectivity index (χ2v) is 5.45. The first-order valence-electron chi connectivity index (χ1n) is 5.66. The molecule has 0 radical (unpaired) electrons. The summed E-state index contributed by atoms with van der Waals surface area (Å²) < 4.78 is 13.2. The molecule has 0 bridgehead atoms. The third kappa shape index (κ3) is 2.61. The number of thiazole rings is 1. The number of hydrogen-bond donors (Lipinski definition) is 2. The van der Waals surface area contributed by atoms with Gasteiger partial charge in [-0.1, -0.05) is 0 Å².